The molecule has 0 atom stereocenters. The zero-order valence-corrected chi connectivity index (χ0v) is 9.43. The molecular formula is C12H15NO3. The first-order chi connectivity index (χ1) is 7.50. The molecule has 86 valence electrons. The number of aryl methyl sites for hydroxylation is 1. The number of anilines is 1. The molecule has 16 heavy (non-hydrogen) atoms. The summed E-state index contributed by atoms with van der Waals surface area (Å²) in [7, 11) is 1.65. The Morgan fingerprint density at radius 1 is 1.31 bits per heavy atom. The zero-order chi connectivity index (χ0) is 12.1. The van der Waals surface area contributed by atoms with Gasteiger partial charge in [-0.25, -0.2) is 0 Å². The molecule has 0 unspecified atom stereocenters. The van der Waals surface area contributed by atoms with Crippen molar-refractivity contribution in [2.45, 2.75) is 19.8 Å². The highest BCUT2D eigenvalue weighted by molar-refractivity contribution is 5.94. The van der Waals surface area contributed by atoms with E-state index < -0.39 is 5.97 Å². The third-order valence-electron chi connectivity index (χ3n) is 2.32. The molecule has 4 heteroatoms. The fraction of sp³-hybridized carbons (Fsp3) is 0.333. The monoisotopic (exact) mass is 221 g/mol. The van der Waals surface area contributed by atoms with Crippen molar-refractivity contribution in [3.8, 4) is 0 Å². The predicted molar refractivity (Wildman–Crippen MR) is 61.5 cm³/mol. The summed E-state index contributed by atoms with van der Waals surface area (Å²) in [6, 6.07) is 7.52. The normalized spacial score (nSPS) is 9.88. The zero-order valence-electron chi connectivity index (χ0n) is 9.43. The summed E-state index contributed by atoms with van der Waals surface area (Å²) in [6.07, 6.45) is -0.102. The van der Waals surface area contributed by atoms with Gasteiger partial charge in [0.15, 0.2) is 0 Å². The number of hydrogen-bond donors (Lipinski definition) is 1. The molecule has 1 aromatic carbocycles. The number of carboxylic acid groups (broad SMARTS) is 1. The van der Waals surface area contributed by atoms with Gasteiger partial charge in [-0.2, -0.15) is 0 Å². The predicted octanol–water partition coefficient (Wildman–Crippen LogP) is 1.82. The number of aliphatic carboxylic acids is 1. The maximum absolute atomic E-state index is 11.6. The summed E-state index contributed by atoms with van der Waals surface area (Å²) in [4.78, 5) is 23.5. The summed E-state index contributed by atoms with van der Waals surface area (Å²) in [5.74, 6) is -1.14. The molecule has 0 fully saturated rings. The van der Waals surface area contributed by atoms with E-state index >= 15 is 0 Å². The van der Waals surface area contributed by atoms with Crippen molar-refractivity contribution >= 4 is 17.6 Å². The Morgan fingerprint density at radius 3 is 2.56 bits per heavy atom. The SMILES string of the molecule is Cc1cccc(N(C)C(=O)CCC(=O)O)c1. The van der Waals surface area contributed by atoms with Gasteiger partial charge in [0.2, 0.25) is 5.91 Å². The van der Waals surface area contributed by atoms with Gasteiger partial charge in [-0.1, -0.05) is 12.1 Å². The first-order valence-corrected chi connectivity index (χ1v) is 5.05. The number of hydrogen-bond acceptors (Lipinski definition) is 2. The van der Waals surface area contributed by atoms with Gasteiger partial charge in [-0.15, -0.1) is 0 Å². The molecule has 0 aromatic heterocycles. The van der Waals surface area contributed by atoms with Gasteiger partial charge in [-0.05, 0) is 24.6 Å². The minimum absolute atomic E-state index is 0.0276. The van der Waals surface area contributed by atoms with E-state index in [-0.39, 0.29) is 18.7 Å². The number of carbonyl (C=O) groups is 2. The van der Waals surface area contributed by atoms with E-state index in [0.717, 1.165) is 11.3 Å². The Labute approximate surface area is 94.5 Å². The minimum atomic E-state index is -0.953. The minimum Gasteiger partial charge on any atom is -0.481 e. The molecule has 0 spiro atoms. The van der Waals surface area contributed by atoms with E-state index in [0.29, 0.717) is 0 Å². The number of rotatable bonds is 4. The van der Waals surface area contributed by atoms with Crippen LogP contribution in [-0.2, 0) is 9.59 Å². The largest absolute Gasteiger partial charge is 0.481 e. The summed E-state index contributed by atoms with van der Waals surface area (Å²) in [5.41, 5.74) is 1.85. The lowest BCUT2D eigenvalue weighted by atomic mass is 10.2. The molecule has 0 aliphatic heterocycles. The number of carbonyl (C=O) groups excluding carboxylic acids is 1. The Morgan fingerprint density at radius 2 is 2.00 bits per heavy atom. The topological polar surface area (TPSA) is 57.6 Å². The molecule has 4 nitrogen and oxygen atoms in total. The van der Waals surface area contributed by atoms with Crippen LogP contribution < -0.4 is 4.90 Å². The number of amides is 1. The van der Waals surface area contributed by atoms with Crippen molar-refractivity contribution in [1.82, 2.24) is 0 Å². The van der Waals surface area contributed by atoms with Gasteiger partial charge in [0, 0.05) is 19.2 Å². The summed E-state index contributed by atoms with van der Waals surface area (Å²) in [6.45, 7) is 1.94. The molecule has 0 heterocycles. The van der Waals surface area contributed by atoms with E-state index in [2.05, 4.69) is 0 Å². The fourth-order valence-electron chi connectivity index (χ4n) is 1.36. The lowest BCUT2D eigenvalue weighted by Gasteiger charge is -2.17. The fourth-order valence-corrected chi connectivity index (χ4v) is 1.36. The maximum atomic E-state index is 11.6. The number of benzene rings is 1. The maximum Gasteiger partial charge on any atom is 0.303 e. The average molecular weight is 221 g/mol. The molecule has 0 bridgehead atoms. The van der Waals surface area contributed by atoms with Crippen LogP contribution in [0, 0.1) is 6.92 Å². The lowest BCUT2D eigenvalue weighted by molar-refractivity contribution is -0.138. The van der Waals surface area contributed by atoms with E-state index in [4.69, 9.17) is 5.11 Å². The van der Waals surface area contributed by atoms with Crippen LogP contribution in [0.3, 0.4) is 0 Å². The van der Waals surface area contributed by atoms with Gasteiger partial charge in [0.05, 0.1) is 6.42 Å². The summed E-state index contributed by atoms with van der Waals surface area (Å²) < 4.78 is 0. The van der Waals surface area contributed by atoms with Gasteiger partial charge in [0.1, 0.15) is 0 Å². The average Bonchev–Trinajstić information content (AvgIpc) is 2.24. The summed E-state index contributed by atoms with van der Waals surface area (Å²) >= 11 is 0. The molecule has 0 saturated carbocycles. The Balaban J connectivity index is 2.66. The van der Waals surface area contributed by atoms with Crippen LogP contribution in [0.5, 0.6) is 0 Å². The lowest BCUT2D eigenvalue weighted by Crippen LogP contribution is -2.26. The molecule has 0 aliphatic rings. The third kappa shape index (κ3) is 3.38. The van der Waals surface area contributed by atoms with Crippen LogP contribution in [-0.4, -0.2) is 24.0 Å². The molecule has 1 rings (SSSR count). The van der Waals surface area contributed by atoms with Crippen LogP contribution in [0.25, 0.3) is 0 Å². The highest BCUT2D eigenvalue weighted by Gasteiger charge is 2.12. The van der Waals surface area contributed by atoms with Gasteiger partial charge >= 0.3 is 5.97 Å². The van der Waals surface area contributed by atoms with Crippen LogP contribution in [0.2, 0.25) is 0 Å². The quantitative estimate of drug-likeness (QED) is 0.843. The molecule has 0 radical (unpaired) electrons. The standard InChI is InChI=1S/C12H15NO3/c1-9-4-3-5-10(8-9)13(2)11(14)6-7-12(15)16/h3-5,8H,6-7H2,1-2H3,(H,15,16). The van der Waals surface area contributed by atoms with Gasteiger partial charge < -0.3 is 10.0 Å². The van der Waals surface area contributed by atoms with Crippen LogP contribution in [0.4, 0.5) is 5.69 Å². The molecule has 1 amide bonds. The van der Waals surface area contributed by atoms with E-state index in [1.165, 1.54) is 4.90 Å². The molecular weight excluding hydrogens is 206 g/mol. The van der Waals surface area contributed by atoms with Crippen molar-refractivity contribution < 1.29 is 14.7 Å². The highest BCUT2D eigenvalue weighted by atomic mass is 16.4. The van der Waals surface area contributed by atoms with Crippen LogP contribution >= 0.6 is 0 Å². The van der Waals surface area contributed by atoms with E-state index in [1.807, 2.05) is 31.2 Å². The Hall–Kier alpha value is -1.84. The number of carboxylic acids is 1. The smallest absolute Gasteiger partial charge is 0.303 e. The van der Waals surface area contributed by atoms with Crippen LogP contribution in [0.15, 0.2) is 24.3 Å². The van der Waals surface area contributed by atoms with Crippen molar-refractivity contribution in [1.29, 1.82) is 0 Å². The third-order valence-corrected chi connectivity index (χ3v) is 2.32. The first-order valence-electron chi connectivity index (χ1n) is 5.05. The van der Waals surface area contributed by atoms with E-state index in [9.17, 15) is 9.59 Å². The second-order valence-corrected chi connectivity index (χ2v) is 3.69. The summed E-state index contributed by atoms with van der Waals surface area (Å²) in [5, 5.41) is 8.49. The van der Waals surface area contributed by atoms with Crippen molar-refractivity contribution in [3.63, 3.8) is 0 Å². The van der Waals surface area contributed by atoms with Gasteiger partial charge in [-0.3, -0.25) is 9.59 Å². The second kappa shape index (κ2) is 5.30. The first kappa shape index (κ1) is 12.2. The molecule has 1 aromatic rings. The second-order valence-electron chi connectivity index (χ2n) is 3.69. The van der Waals surface area contributed by atoms with E-state index in [1.54, 1.807) is 7.05 Å². The van der Waals surface area contributed by atoms with Crippen molar-refractivity contribution in [2.75, 3.05) is 11.9 Å². The highest BCUT2D eigenvalue weighted by Crippen LogP contribution is 2.15. The Kier molecular flexibility index (Phi) is 4.05. The molecule has 0 saturated heterocycles. The van der Waals surface area contributed by atoms with Gasteiger partial charge in [0.25, 0.3) is 0 Å². The number of nitrogens with zero attached hydrogens (tertiary/aromatic N) is 1. The van der Waals surface area contributed by atoms with Crippen molar-refractivity contribution in [2.24, 2.45) is 0 Å². The Bertz CT molecular complexity index is 401. The van der Waals surface area contributed by atoms with Crippen molar-refractivity contribution in [3.05, 3.63) is 29.8 Å². The molecule has 0 aliphatic carbocycles. The van der Waals surface area contributed by atoms with Crippen LogP contribution in [0.1, 0.15) is 18.4 Å². The molecule has 1 N–H and O–H groups in total.